The second-order valence-electron chi connectivity index (χ2n) is 6.70. The van der Waals surface area contributed by atoms with Gasteiger partial charge in [-0.1, -0.05) is 11.6 Å². The molecular formula is C18H23ClFN3O2. The largest absolute Gasteiger partial charge is 0.356 e. The number of nitrogens with zero attached hydrogens (tertiary/aromatic N) is 2. The van der Waals surface area contributed by atoms with Gasteiger partial charge in [0.25, 0.3) is 0 Å². The molecule has 0 saturated carbocycles. The topological polar surface area (TPSA) is 52.7 Å². The van der Waals surface area contributed by atoms with Gasteiger partial charge >= 0.3 is 0 Å². The second-order valence-corrected chi connectivity index (χ2v) is 7.10. The van der Waals surface area contributed by atoms with Crippen molar-refractivity contribution in [3.05, 3.63) is 29.0 Å². The van der Waals surface area contributed by atoms with Crippen molar-refractivity contribution < 1.29 is 14.0 Å². The second kappa shape index (κ2) is 8.15. The lowest BCUT2D eigenvalue weighted by Gasteiger charge is -2.17. The third kappa shape index (κ3) is 4.50. The van der Waals surface area contributed by atoms with E-state index < -0.39 is 5.82 Å². The van der Waals surface area contributed by atoms with Gasteiger partial charge in [0, 0.05) is 25.2 Å². The molecule has 2 amide bonds. The molecule has 0 unspecified atom stereocenters. The van der Waals surface area contributed by atoms with E-state index in [0.717, 1.165) is 26.1 Å². The zero-order valence-corrected chi connectivity index (χ0v) is 14.9. The van der Waals surface area contributed by atoms with Crippen molar-refractivity contribution in [2.75, 3.05) is 37.6 Å². The maximum atomic E-state index is 13.3. The van der Waals surface area contributed by atoms with Gasteiger partial charge in [-0.25, -0.2) is 4.39 Å². The number of hydrogen-bond acceptors (Lipinski definition) is 3. The first kappa shape index (κ1) is 18.1. The minimum Gasteiger partial charge on any atom is -0.356 e. The van der Waals surface area contributed by atoms with Gasteiger partial charge in [-0.05, 0) is 57.1 Å². The molecule has 3 rings (SSSR count). The van der Waals surface area contributed by atoms with Crippen molar-refractivity contribution >= 4 is 29.1 Å². The quantitative estimate of drug-likeness (QED) is 0.786. The molecule has 1 atom stereocenters. The first-order chi connectivity index (χ1) is 12.0. The van der Waals surface area contributed by atoms with Crippen LogP contribution in [0.1, 0.15) is 25.7 Å². The summed E-state index contributed by atoms with van der Waals surface area (Å²) >= 11 is 5.78. The van der Waals surface area contributed by atoms with Crippen LogP contribution in [0.3, 0.4) is 0 Å². The van der Waals surface area contributed by atoms with Crippen LogP contribution in [-0.4, -0.2) is 49.4 Å². The van der Waals surface area contributed by atoms with E-state index in [4.69, 9.17) is 11.6 Å². The number of rotatable bonds is 6. The van der Waals surface area contributed by atoms with Crippen LogP contribution in [0.15, 0.2) is 18.2 Å². The molecule has 0 bridgehead atoms. The number of hydrogen-bond donors (Lipinski definition) is 1. The molecule has 1 aromatic rings. The summed E-state index contributed by atoms with van der Waals surface area (Å²) in [6, 6.07) is 4.16. The predicted octanol–water partition coefficient (Wildman–Crippen LogP) is 2.43. The van der Waals surface area contributed by atoms with Gasteiger partial charge in [-0.2, -0.15) is 0 Å². The molecule has 2 aliphatic rings. The van der Waals surface area contributed by atoms with E-state index in [1.165, 1.54) is 35.9 Å². The van der Waals surface area contributed by atoms with Gasteiger partial charge in [0.05, 0.1) is 10.9 Å². The van der Waals surface area contributed by atoms with E-state index in [2.05, 4.69) is 10.2 Å². The van der Waals surface area contributed by atoms with Crippen LogP contribution in [0.2, 0.25) is 5.02 Å². The highest BCUT2D eigenvalue weighted by molar-refractivity contribution is 6.31. The third-order valence-electron chi connectivity index (χ3n) is 4.86. The molecule has 0 aromatic heterocycles. The first-order valence-corrected chi connectivity index (χ1v) is 9.18. The van der Waals surface area contributed by atoms with E-state index in [-0.39, 0.29) is 29.2 Å². The fourth-order valence-corrected chi connectivity index (χ4v) is 3.63. The maximum Gasteiger partial charge on any atom is 0.227 e. The fraction of sp³-hybridized carbons (Fsp3) is 0.556. The molecule has 2 aliphatic heterocycles. The van der Waals surface area contributed by atoms with Crippen molar-refractivity contribution in [2.24, 2.45) is 5.92 Å². The van der Waals surface area contributed by atoms with Crippen molar-refractivity contribution in [3.63, 3.8) is 0 Å². The highest BCUT2D eigenvalue weighted by Crippen LogP contribution is 2.28. The van der Waals surface area contributed by atoms with Crippen molar-refractivity contribution in [1.29, 1.82) is 0 Å². The smallest absolute Gasteiger partial charge is 0.227 e. The van der Waals surface area contributed by atoms with Crippen LogP contribution in [0.25, 0.3) is 0 Å². The van der Waals surface area contributed by atoms with E-state index in [1.54, 1.807) is 0 Å². The molecule has 0 radical (unpaired) electrons. The Kier molecular flexibility index (Phi) is 5.91. The highest BCUT2D eigenvalue weighted by atomic mass is 35.5. The van der Waals surface area contributed by atoms with Crippen molar-refractivity contribution in [3.8, 4) is 0 Å². The first-order valence-electron chi connectivity index (χ1n) is 8.80. The van der Waals surface area contributed by atoms with Gasteiger partial charge in [0.15, 0.2) is 0 Å². The van der Waals surface area contributed by atoms with E-state index in [0.29, 0.717) is 18.8 Å². The SMILES string of the molecule is O=C(NCCCN1CCCC1)[C@H]1CC(=O)N(c2ccc(F)c(Cl)c2)C1. The van der Waals surface area contributed by atoms with Gasteiger partial charge in [0.2, 0.25) is 11.8 Å². The Hall–Kier alpha value is -1.66. The maximum absolute atomic E-state index is 13.3. The molecule has 0 aliphatic carbocycles. The molecule has 2 saturated heterocycles. The zero-order chi connectivity index (χ0) is 17.8. The van der Waals surface area contributed by atoms with Gasteiger partial charge in [-0.15, -0.1) is 0 Å². The van der Waals surface area contributed by atoms with Crippen molar-refractivity contribution in [1.82, 2.24) is 10.2 Å². The predicted molar refractivity (Wildman–Crippen MR) is 95.2 cm³/mol. The minimum atomic E-state index is -0.524. The summed E-state index contributed by atoms with van der Waals surface area (Å²) in [6.07, 6.45) is 3.62. The summed E-state index contributed by atoms with van der Waals surface area (Å²) in [5, 5.41) is 2.90. The van der Waals surface area contributed by atoms with Crippen LogP contribution in [0.5, 0.6) is 0 Å². The lowest BCUT2D eigenvalue weighted by molar-refractivity contribution is -0.126. The zero-order valence-electron chi connectivity index (χ0n) is 14.1. The third-order valence-corrected chi connectivity index (χ3v) is 5.15. The molecule has 1 N–H and O–H groups in total. The standard InChI is InChI=1S/C18H23ClFN3O2/c19-15-11-14(4-5-16(15)20)23-12-13(10-17(23)24)18(25)21-6-3-9-22-7-1-2-8-22/h4-5,11,13H,1-3,6-10,12H2,(H,21,25)/t13-/m0/s1. The van der Waals surface area contributed by atoms with Gasteiger partial charge in [-0.3, -0.25) is 9.59 Å². The molecular weight excluding hydrogens is 345 g/mol. The van der Waals surface area contributed by atoms with E-state index in [9.17, 15) is 14.0 Å². The molecule has 25 heavy (non-hydrogen) atoms. The summed E-state index contributed by atoms with van der Waals surface area (Å²) in [6.45, 7) is 4.24. The number of likely N-dealkylation sites (tertiary alicyclic amines) is 1. The lowest BCUT2D eigenvalue weighted by Crippen LogP contribution is -2.34. The Labute approximate surface area is 152 Å². The Balaban J connectivity index is 1.47. The molecule has 2 fully saturated rings. The summed E-state index contributed by atoms with van der Waals surface area (Å²) in [5.74, 6) is -1.13. The summed E-state index contributed by atoms with van der Waals surface area (Å²) in [4.78, 5) is 28.4. The van der Waals surface area contributed by atoms with Crippen LogP contribution in [-0.2, 0) is 9.59 Å². The van der Waals surface area contributed by atoms with Crippen LogP contribution in [0, 0.1) is 11.7 Å². The summed E-state index contributed by atoms with van der Waals surface area (Å²) in [7, 11) is 0. The number of amides is 2. The summed E-state index contributed by atoms with van der Waals surface area (Å²) in [5.41, 5.74) is 0.528. The molecule has 7 heteroatoms. The minimum absolute atomic E-state index is 0.0277. The Morgan fingerprint density at radius 3 is 2.80 bits per heavy atom. The molecule has 0 spiro atoms. The average Bonchev–Trinajstić information content (AvgIpc) is 3.23. The van der Waals surface area contributed by atoms with Crippen LogP contribution in [0.4, 0.5) is 10.1 Å². The number of halogens is 2. The van der Waals surface area contributed by atoms with Crippen molar-refractivity contribution in [2.45, 2.75) is 25.7 Å². The number of nitrogens with one attached hydrogen (secondary N) is 1. The highest BCUT2D eigenvalue weighted by Gasteiger charge is 2.35. The normalized spacial score (nSPS) is 21.1. The molecule has 136 valence electrons. The number of anilines is 1. The van der Waals surface area contributed by atoms with Crippen LogP contribution < -0.4 is 10.2 Å². The number of carbonyl (C=O) groups excluding carboxylic acids is 2. The summed E-state index contributed by atoms with van der Waals surface area (Å²) < 4.78 is 13.3. The van der Waals surface area contributed by atoms with E-state index in [1.807, 2.05) is 0 Å². The number of benzene rings is 1. The monoisotopic (exact) mass is 367 g/mol. The molecule has 2 heterocycles. The van der Waals surface area contributed by atoms with Crippen LogP contribution >= 0.6 is 11.6 Å². The lowest BCUT2D eigenvalue weighted by atomic mass is 10.1. The average molecular weight is 368 g/mol. The number of carbonyl (C=O) groups is 2. The molecule has 5 nitrogen and oxygen atoms in total. The van der Waals surface area contributed by atoms with E-state index >= 15 is 0 Å². The molecule has 1 aromatic carbocycles. The van der Waals surface area contributed by atoms with Gasteiger partial charge in [0.1, 0.15) is 5.82 Å². The Bertz CT molecular complexity index is 649. The Morgan fingerprint density at radius 2 is 2.08 bits per heavy atom. The fourth-order valence-electron chi connectivity index (χ4n) is 3.45. The Morgan fingerprint density at radius 1 is 1.32 bits per heavy atom. The van der Waals surface area contributed by atoms with Gasteiger partial charge < -0.3 is 15.1 Å².